The van der Waals surface area contributed by atoms with Crippen LogP contribution < -0.4 is 5.32 Å². The first kappa shape index (κ1) is 15.9. The molecule has 7 nitrogen and oxygen atoms in total. The molecule has 1 aromatic carbocycles. The number of nitrogens with zero attached hydrogens (tertiary/aromatic N) is 6. The van der Waals surface area contributed by atoms with Crippen molar-refractivity contribution in [3.8, 4) is 0 Å². The number of aromatic nitrogens is 4. The fraction of sp³-hybridized carbons (Fsp3) is 0. The van der Waals surface area contributed by atoms with Gasteiger partial charge in [0.1, 0.15) is 11.7 Å². The molecule has 2 aromatic heterocycles. The van der Waals surface area contributed by atoms with Gasteiger partial charge in [-0.15, -0.1) is 0 Å². The van der Waals surface area contributed by atoms with Gasteiger partial charge in [-0.05, 0) is 12.1 Å². The molecule has 0 saturated heterocycles. The summed E-state index contributed by atoms with van der Waals surface area (Å²) in [5, 5.41) is 3.19. The van der Waals surface area contributed by atoms with Gasteiger partial charge in [0, 0.05) is 53.0 Å². The monoisotopic (exact) mass is 357 g/mol. The van der Waals surface area contributed by atoms with Crippen molar-refractivity contribution in [2.75, 3.05) is 0 Å². The number of fused-ring (bicyclic) bond motifs is 1. The molecular formula is C16H11FeN7. The summed E-state index contributed by atoms with van der Waals surface area (Å²) in [5.74, 6) is 2.09. The van der Waals surface area contributed by atoms with Crippen molar-refractivity contribution in [2.45, 2.75) is 0 Å². The second kappa shape index (κ2) is 7.08. The second-order valence-corrected chi connectivity index (χ2v) is 4.69. The Morgan fingerprint density at radius 3 is 1.46 bits per heavy atom. The number of nitrogens with one attached hydrogen (secondary N) is 1. The summed E-state index contributed by atoms with van der Waals surface area (Å²) in [6.45, 7) is 0. The van der Waals surface area contributed by atoms with E-state index in [4.69, 9.17) is 0 Å². The van der Waals surface area contributed by atoms with Gasteiger partial charge < -0.3 is 5.32 Å². The summed E-state index contributed by atoms with van der Waals surface area (Å²) in [7, 11) is 0. The molecule has 1 aliphatic rings. The number of hydrogen-bond acceptors (Lipinski definition) is 6. The molecule has 0 aliphatic carbocycles. The minimum absolute atomic E-state index is 0. The van der Waals surface area contributed by atoms with Crippen molar-refractivity contribution in [1.29, 1.82) is 0 Å². The predicted molar refractivity (Wildman–Crippen MR) is 86.0 cm³/mol. The van der Waals surface area contributed by atoms with Gasteiger partial charge in [-0.2, -0.15) is 9.98 Å². The minimum Gasteiger partial charge on any atom is -0.324 e. The van der Waals surface area contributed by atoms with E-state index in [-0.39, 0.29) is 17.1 Å². The first-order chi connectivity index (χ1) is 11.4. The van der Waals surface area contributed by atoms with E-state index >= 15 is 0 Å². The fourth-order valence-electron chi connectivity index (χ4n) is 2.22. The van der Waals surface area contributed by atoms with E-state index in [1.807, 2.05) is 24.3 Å². The molecular weight excluding hydrogens is 346 g/mol. The second-order valence-electron chi connectivity index (χ2n) is 4.69. The third-order valence-electron chi connectivity index (χ3n) is 3.20. The summed E-state index contributed by atoms with van der Waals surface area (Å²) in [6.07, 6.45) is 6.61. The normalized spacial score (nSPS) is 15.7. The van der Waals surface area contributed by atoms with Gasteiger partial charge in [0.05, 0.1) is 0 Å². The average molecular weight is 357 g/mol. The molecule has 118 valence electrons. The van der Waals surface area contributed by atoms with Crippen LogP contribution in [0.4, 0.5) is 11.9 Å². The van der Waals surface area contributed by atoms with Crippen LogP contribution in [0.3, 0.4) is 0 Å². The van der Waals surface area contributed by atoms with Crippen LogP contribution in [0, 0.1) is 0 Å². The Morgan fingerprint density at radius 2 is 1.04 bits per heavy atom. The molecule has 0 saturated carbocycles. The molecule has 3 heterocycles. The van der Waals surface area contributed by atoms with Crippen LogP contribution in [-0.4, -0.2) is 31.6 Å². The Balaban J connectivity index is 0.00000169. The molecule has 4 rings (SSSR count). The van der Waals surface area contributed by atoms with E-state index in [2.05, 4.69) is 35.2 Å². The van der Waals surface area contributed by atoms with E-state index in [0.717, 1.165) is 11.1 Å². The third-order valence-corrected chi connectivity index (χ3v) is 3.20. The molecule has 0 fully saturated rings. The topological polar surface area (TPSA) is 88.3 Å². The quantitative estimate of drug-likeness (QED) is 0.709. The van der Waals surface area contributed by atoms with Gasteiger partial charge >= 0.3 is 0 Å². The Kier molecular flexibility index (Phi) is 4.69. The first-order valence-electron chi connectivity index (χ1n) is 6.98. The standard InChI is InChI=1S/C16H11N7.Fe/c1-2-6-12-11(5-1)13(22-15-17-7-3-8-18-15)21-14(12)23-16-19-9-4-10-20-16;/h1-10H,(H,17,18,19,20,21,22,23);. The molecule has 24 heavy (non-hydrogen) atoms. The molecule has 0 spiro atoms. The minimum atomic E-state index is 0. The van der Waals surface area contributed by atoms with Crippen LogP contribution in [0.5, 0.6) is 0 Å². The average Bonchev–Trinajstić information content (AvgIpc) is 2.95. The van der Waals surface area contributed by atoms with Crippen molar-refractivity contribution in [2.24, 2.45) is 9.98 Å². The van der Waals surface area contributed by atoms with Crippen LogP contribution >= 0.6 is 0 Å². The molecule has 0 amide bonds. The zero-order valence-electron chi connectivity index (χ0n) is 12.3. The van der Waals surface area contributed by atoms with Gasteiger partial charge in [-0.3, -0.25) is 0 Å². The van der Waals surface area contributed by atoms with E-state index in [0.29, 0.717) is 23.6 Å². The maximum absolute atomic E-state index is 4.45. The summed E-state index contributed by atoms with van der Waals surface area (Å²) < 4.78 is 0. The SMILES string of the molecule is [Fe].c1cnc(N=C2NC(=Nc3ncccn3)c3ccccc32)nc1. The maximum atomic E-state index is 4.45. The molecule has 0 radical (unpaired) electrons. The van der Waals surface area contributed by atoms with Gasteiger partial charge in [-0.25, -0.2) is 19.9 Å². The molecule has 1 aliphatic heterocycles. The zero-order valence-corrected chi connectivity index (χ0v) is 13.4. The Hall–Kier alpha value is -2.96. The summed E-state index contributed by atoms with van der Waals surface area (Å²) in [6, 6.07) is 11.3. The maximum Gasteiger partial charge on any atom is 0.251 e. The first-order valence-corrected chi connectivity index (χ1v) is 6.98. The van der Waals surface area contributed by atoms with Crippen molar-refractivity contribution >= 4 is 23.6 Å². The number of aliphatic imine (C=N–C) groups is 2. The Morgan fingerprint density at radius 1 is 0.625 bits per heavy atom. The summed E-state index contributed by atoms with van der Waals surface area (Å²) >= 11 is 0. The van der Waals surface area contributed by atoms with E-state index < -0.39 is 0 Å². The van der Waals surface area contributed by atoms with E-state index in [9.17, 15) is 0 Å². The van der Waals surface area contributed by atoms with Crippen molar-refractivity contribution in [1.82, 2.24) is 25.3 Å². The van der Waals surface area contributed by atoms with Gasteiger partial charge in [0.2, 0.25) is 0 Å². The molecule has 8 heteroatoms. The van der Waals surface area contributed by atoms with Crippen LogP contribution in [0.1, 0.15) is 11.1 Å². The molecule has 0 bridgehead atoms. The van der Waals surface area contributed by atoms with Gasteiger partial charge in [-0.1, -0.05) is 24.3 Å². The van der Waals surface area contributed by atoms with Crippen molar-refractivity contribution in [3.05, 3.63) is 72.3 Å². The van der Waals surface area contributed by atoms with Gasteiger partial charge in [0.25, 0.3) is 11.9 Å². The van der Waals surface area contributed by atoms with Crippen molar-refractivity contribution < 1.29 is 17.1 Å². The number of rotatable bonds is 2. The van der Waals surface area contributed by atoms with Crippen LogP contribution in [0.15, 0.2) is 71.2 Å². The van der Waals surface area contributed by atoms with E-state index in [1.54, 1.807) is 36.9 Å². The summed E-state index contributed by atoms with van der Waals surface area (Å²) in [4.78, 5) is 25.4. The molecule has 0 unspecified atom stereocenters. The smallest absolute Gasteiger partial charge is 0.251 e. The van der Waals surface area contributed by atoms with Crippen molar-refractivity contribution in [3.63, 3.8) is 0 Å². The number of amidine groups is 2. The van der Waals surface area contributed by atoms with E-state index in [1.165, 1.54) is 0 Å². The molecule has 0 atom stereocenters. The van der Waals surface area contributed by atoms with Crippen LogP contribution in [-0.2, 0) is 17.1 Å². The third kappa shape index (κ3) is 3.19. The van der Waals surface area contributed by atoms with Crippen LogP contribution in [0.2, 0.25) is 0 Å². The number of hydrogen-bond donors (Lipinski definition) is 1. The number of benzene rings is 1. The summed E-state index contributed by atoms with van der Waals surface area (Å²) in [5.41, 5.74) is 1.88. The van der Waals surface area contributed by atoms with Gasteiger partial charge in [0.15, 0.2) is 0 Å². The fourth-order valence-corrected chi connectivity index (χ4v) is 2.22. The predicted octanol–water partition coefficient (Wildman–Crippen LogP) is 2.02. The van der Waals surface area contributed by atoms with Crippen LogP contribution in [0.25, 0.3) is 0 Å². The molecule has 1 N–H and O–H groups in total. The Bertz CT molecular complexity index is 820. The zero-order chi connectivity index (χ0) is 15.5. The molecule has 3 aromatic rings. The Labute approximate surface area is 148 Å². The largest absolute Gasteiger partial charge is 0.324 e.